The second-order valence-corrected chi connectivity index (χ2v) is 7.04. The van der Waals surface area contributed by atoms with Gasteiger partial charge in [-0.15, -0.1) is 11.8 Å². The first kappa shape index (κ1) is 12.3. The number of aliphatic carboxylic acids is 1. The summed E-state index contributed by atoms with van der Waals surface area (Å²) in [5, 5.41) is 9.55. The number of hydrogen-bond donors (Lipinski definition) is 1. The van der Waals surface area contributed by atoms with Gasteiger partial charge < -0.3 is 5.11 Å². The van der Waals surface area contributed by atoms with Crippen molar-refractivity contribution in [2.24, 2.45) is 17.8 Å². The van der Waals surface area contributed by atoms with Crippen molar-refractivity contribution < 1.29 is 9.90 Å². The lowest BCUT2D eigenvalue weighted by Gasteiger charge is -2.40. The van der Waals surface area contributed by atoms with Gasteiger partial charge in [0, 0.05) is 0 Å². The molecule has 1 N–H and O–H groups in total. The number of carboxylic acid groups (broad SMARTS) is 1. The van der Waals surface area contributed by atoms with Gasteiger partial charge in [-0.3, -0.25) is 4.79 Å². The smallest absolute Gasteiger partial charge is 0.320 e. The average Bonchev–Trinajstić information content (AvgIpc) is 2.72. The third-order valence-corrected chi connectivity index (χ3v) is 6.39. The van der Waals surface area contributed by atoms with Crippen LogP contribution in [0.25, 0.3) is 0 Å². The molecule has 0 amide bonds. The number of hydrogen-bond acceptors (Lipinski definition) is 2. The quantitative estimate of drug-likeness (QED) is 0.806. The van der Waals surface area contributed by atoms with Gasteiger partial charge in [-0.1, -0.05) is 20.3 Å². The highest BCUT2D eigenvalue weighted by Crippen LogP contribution is 2.50. The standard InChI is InChI=1S/C13H22O2S/c1-9-4-5-11(8-10(9)2)13(12(14)15)6-3-7-16-13/h9-11H,3-8H2,1-2H3,(H,14,15). The van der Waals surface area contributed by atoms with E-state index in [0.29, 0.717) is 11.8 Å². The highest BCUT2D eigenvalue weighted by Gasteiger charge is 2.50. The lowest BCUT2D eigenvalue weighted by Crippen LogP contribution is -2.43. The Labute approximate surface area is 102 Å². The van der Waals surface area contributed by atoms with E-state index in [2.05, 4.69) is 13.8 Å². The Bertz CT molecular complexity index is 271. The molecule has 16 heavy (non-hydrogen) atoms. The van der Waals surface area contributed by atoms with Crippen molar-refractivity contribution in [1.82, 2.24) is 0 Å². The van der Waals surface area contributed by atoms with Crippen LogP contribution in [0.1, 0.15) is 46.0 Å². The van der Waals surface area contributed by atoms with Crippen LogP contribution in [0.4, 0.5) is 0 Å². The fourth-order valence-corrected chi connectivity index (χ4v) is 4.81. The summed E-state index contributed by atoms with van der Waals surface area (Å²) in [7, 11) is 0. The zero-order valence-corrected chi connectivity index (χ0v) is 11.1. The largest absolute Gasteiger partial charge is 0.480 e. The summed E-state index contributed by atoms with van der Waals surface area (Å²) in [5.41, 5.74) is 0. The van der Waals surface area contributed by atoms with Gasteiger partial charge in [0.1, 0.15) is 4.75 Å². The molecule has 3 heteroatoms. The van der Waals surface area contributed by atoms with Crippen LogP contribution < -0.4 is 0 Å². The molecular formula is C13H22O2S. The number of carboxylic acids is 1. The number of thioether (sulfide) groups is 1. The number of rotatable bonds is 2. The van der Waals surface area contributed by atoms with Gasteiger partial charge in [-0.25, -0.2) is 0 Å². The lowest BCUT2D eigenvalue weighted by atomic mass is 9.70. The fourth-order valence-electron chi connectivity index (χ4n) is 3.30. The molecular weight excluding hydrogens is 220 g/mol. The van der Waals surface area contributed by atoms with E-state index < -0.39 is 10.7 Å². The van der Waals surface area contributed by atoms with Crippen LogP contribution in [0.3, 0.4) is 0 Å². The Morgan fingerprint density at radius 1 is 1.31 bits per heavy atom. The maximum atomic E-state index is 11.6. The van der Waals surface area contributed by atoms with E-state index in [1.165, 1.54) is 6.42 Å². The second-order valence-electron chi connectivity index (χ2n) is 5.61. The van der Waals surface area contributed by atoms with Crippen molar-refractivity contribution in [3.05, 3.63) is 0 Å². The molecule has 0 aromatic heterocycles. The Hall–Kier alpha value is -0.180. The van der Waals surface area contributed by atoms with Gasteiger partial charge in [0.2, 0.25) is 0 Å². The van der Waals surface area contributed by atoms with Crippen molar-refractivity contribution in [3.63, 3.8) is 0 Å². The maximum Gasteiger partial charge on any atom is 0.320 e. The first-order chi connectivity index (χ1) is 7.56. The summed E-state index contributed by atoms with van der Waals surface area (Å²) in [6.07, 6.45) is 5.41. The second kappa shape index (κ2) is 4.59. The summed E-state index contributed by atoms with van der Waals surface area (Å²) in [4.78, 5) is 11.6. The molecule has 0 spiro atoms. The van der Waals surface area contributed by atoms with Gasteiger partial charge in [-0.05, 0) is 49.2 Å². The molecule has 2 fully saturated rings. The van der Waals surface area contributed by atoms with E-state index in [0.717, 1.165) is 37.4 Å². The summed E-state index contributed by atoms with van der Waals surface area (Å²) in [6, 6.07) is 0. The predicted molar refractivity (Wildman–Crippen MR) is 67.7 cm³/mol. The Kier molecular flexibility index (Phi) is 3.53. The van der Waals surface area contributed by atoms with Crippen LogP contribution in [0.5, 0.6) is 0 Å². The van der Waals surface area contributed by atoms with Crippen LogP contribution in [-0.4, -0.2) is 21.6 Å². The minimum atomic E-state index is -0.554. The molecule has 2 aliphatic rings. The van der Waals surface area contributed by atoms with Crippen molar-refractivity contribution in [2.45, 2.75) is 50.7 Å². The zero-order chi connectivity index (χ0) is 11.8. The topological polar surface area (TPSA) is 37.3 Å². The molecule has 4 atom stereocenters. The van der Waals surface area contributed by atoms with Gasteiger partial charge in [0.25, 0.3) is 0 Å². The molecule has 0 aromatic rings. The molecule has 2 nitrogen and oxygen atoms in total. The maximum absolute atomic E-state index is 11.6. The van der Waals surface area contributed by atoms with E-state index in [1.807, 2.05) is 0 Å². The summed E-state index contributed by atoms with van der Waals surface area (Å²) < 4.78 is -0.436. The molecule has 1 saturated carbocycles. The highest BCUT2D eigenvalue weighted by molar-refractivity contribution is 8.01. The van der Waals surface area contributed by atoms with Crippen LogP contribution in [0.15, 0.2) is 0 Å². The Balaban J connectivity index is 2.13. The van der Waals surface area contributed by atoms with E-state index >= 15 is 0 Å². The Morgan fingerprint density at radius 2 is 2.06 bits per heavy atom. The van der Waals surface area contributed by atoms with E-state index in [1.54, 1.807) is 11.8 Å². The van der Waals surface area contributed by atoms with Crippen molar-refractivity contribution in [2.75, 3.05) is 5.75 Å². The predicted octanol–water partition coefficient (Wildman–Crippen LogP) is 3.41. The van der Waals surface area contributed by atoms with Gasteiger partial charge >= 0.3 is 5.97 Å². The Morgan fingerprint density at radius 3 is 2.56 bits per heavy atom. The minimum absolute atomic E-state index is 0.406. The first-order valence-electron chi connectivity index (χ1n) is 6.43. The molecule has 0 bridgehead atoms. The SMILES string of the molecule is CC1CCC(C2(C(=O)O)CCCS2)CC1C. The van der Waals surface area contributed by atoms with Crippen molar-refractivity contribution >= 4 is 17.7 Å². The lowest BCUT2D eigenvalue weighted by molar-refractivity contribution is -0.142. The highest BCUT2D eigenvalue weighted by atomic mass is 32.2. The number of carbonyl (C=O) groups is 1. The van der Waals surface area contributed by atoms with E-state index in [9.17, 15) is 9.90 Å². The summed E-state index contributed by atoms with van der Waals surface area (Å²) in [6.45, 7) is 4.59. The van der Waals surface area contributed by atoms with E-state index in [-0.39, 0.29) is 0 Å². The molecule has 92 valence electrons. The third kappa shape index (κ3) is 1.99. The van der Waals surface area contributed by atoms with Gasteiger partial charge in [0.05, 0.1) is 0 Å². The molecule has 1 aliphatic heterocycles. The summed E-state index contributed by atoms with van der Waals surface area (Å²) >= 11 is 1.71. The minimum Gasteiger partial charge on any atom is -0.480 e. The van der Waals surface area contributed by atoms with Gasteiger partial charge in [-0.2, -0.15) is 0 Å². The molecule has 0 aromatic carbocycles. The van der Waals surface area contributed by atoms with Crippen molar-refractivity contribution in [3.8, 4) is 0 Å². The van der Waals surface area contributed by atoms with Crippen LogP contribution in [-0.2, 0) is 4.79 Å². The van der Waals surface area contributed by atoms with Crippen LogP contribution >= 0.6 is 11.8 Å². The molecule has 1 saturated heterocycles. The molecule has 1 heterocycles. The van der Waals surface area contributed by atoms with Crippen molar-refractivity contribution in [1.29, 1.82) is 0 Å². The van der Waals surface area contributed by atoms with Crippen LogP contribution in [0.2, 0.25) is 0 Å². The van der Waals surface area contributed by atoms with Crippen LogP contribution in [0, 0.1) is 17.8 Å². The third-order valence-electron chi connectivity index (χ3n) is 4.67. The molecule has 0 radical (unpaired) electrons. The van der Waals surface area contributed by atoms with E-state index in [4.69, 9.17) is 0 Å². The average molecular weight is 242 g/mol. The fraction of sp³-hybridized carbons (Fsp3) is 0.923. The summed E-state index contributed by atoms with van der Waals surface area (Å²) in [5.74, 6) is 2.35. The monoisotopic (exact) mass is 242 g/mol. The molecule has 4 unspecified atom stereocenters. The molecule has 1 aliphatic carbocycles. The van der Waals surface area contributed by atoms with Gasteiger partial charge in [0.15, 0.2) is 0 Å². The zero-order valence-electron chi connectivity index (χ0n) is 10.2. The molecule has 2 rings (SSSR count). The first-order valence-corrected chi connectivity index (χ1v) is 7.42. The normalized spacial score (nSPS) is 44.5.